The lowest BCUT2D eigenvalue weighted by Gasteiger charge is -2.34. The van der Waals surface area contributed by atoms with Crippen molar-refractivity contribution >= 4 is 21.7 Å². The highest BCUT2D eigenvalue weighted by molar-refractivity contribution is 7.89. The first-order chi connectivity index (χ1) is 14.8. The van der Waals surface area contributed by atoms with Gasteiger partial charge in [0.05, 0.1) is 18.3 Å². The number of carbonyl (C=O) groups is 1. The Balaban J connectivity index is 1.96. The minimum absolute atomic E-state index is 0.00876. The molecule has 2 heterocycles. The molecule has 0 radical (unpaired) electrons. The van der Waals surface area contributed by atoms with E-state index in [0.717, 1.165) is 12.1 Å². The number of amides is 1. The second kappa shape index (κ2) is 8.86. The third-order valence-corrected chi connectivity index (χ3v) is 7.44. The highest BCUT2D eigenvalue weighted by atomic mass is 32.2. The van der Waals surface area contributed by atoms with Crippen LogP contribution in [0, 0.1) is 18.8 Å². The fourth-order valence-electron chi connectivity index (χ4n) is 4.25. The fraction of sp³-hybridized carbons (Fsp3) is 0.565. The molecular formula is C23H34N4O4S. The molecule has 2 unspecified atom stereocenters. The maximum atomic E-state index is 13.5. The summed E-state index contributed by atoms with van der Waals surface area (Å²) < 4.78 is 35.6. The summed E-state index contributed by atoms with van der Waals surface area (Å²) in [4.78, 5) is 13.1. The molecule has 2 aromatic rings. The van der Waals surface area contributed by atoms with E-state index in [9.17, 15) is 13.2 Å². The second-order valence-corrected chi connectivity index (χ2v) is 11.7. The Morgan fingerprint density at radius 1 is 1.16 bits per heavy atom. The molecule has 176 valence electrons. The Morgan fingerprint density at radius 2 is 1.78 bits per heavy atom. The topological polar surface area (TPSA) is 93.5 Å². The molecule has 1 aliphatic rings. The van der Waals surface area contributed by atoms with E-state index in [2.05, 4.69) is 24.3 Å². The van der Waals surface area contributed by atoms with Crippen LogP contribution < -0.4 is 10.1 Å². The van der Waals surface area contributed by atoms with Crippen LogP contribution in [0.1, 0.15) is 57.1 Å². The zero-order chi connectivity index (χ0) is 23.8. The number of sulfonamides is 1. The SMILES string of the molecule is COc1ccc(C(=O)Nc2cc(C)nn2C(C)(C)C)cc1S(=O)(=O)N1CC(C)CC(C)C1. The number of methoxy groups -OCH3 is 1. The van der Waals surface area contributed by atoms with Crippen LogP contribution in [0.5, 0.6) is 5.75 Å². The lowest BCUT2D eigenvalue weighted by atomic mass is 9.94. The lowest BCUT2D eigenvalue weighted by Crippen LogP contribution is -2.42. The molecule has 3 rings (SSSR count). The van der Waals surface area contributed by atoms with Crippen LogP contribution in [0.25, 0.3) is 0 Å². The summed E-state index contributed by atoms with van der Waals surface area (Å²) in [5.41, 5.74) is 0.691. The molecule has 9 heteroatoms. The van der Waals surface area contributed by atoms with E-state index in [4.69, 9.17) is 4.74 Å². The number of anilines is 1. The summed E-state index contributed by atoms with van der Waals surface area (Å²) >= 11 is 0. The first kappa shape index (κ1) is 24.3. The number of nitrogens with one attached hydrogen (secondary N) is 1. The van der Waals surface area contributed by atoms with Crippen LogP contribution in [0.3, 0.4) is 0 Å². The highest BCUT2D eigenvalue weighted by Crippen LogP contribution is 2.32. The van der Waals surface area contributed by atoms with E-state index in [-0.39, 0.29) is 33.6 Å². The molecule has 0 spiro atoms. The van der Waals surface area contributed by atoms with Gasteiger partial charge in [-0.1, -0.05) is 13.8 Å². The van der Waals surface area contributed by atoms with Crippen molar-refractivity contribution in [3.63, 3.8) is 0 Å². The summed E-state index contributed by atoms with van der Waals surface area (Å²) in [6.07, 6.45) is 0.993. The van der Waals surface area contributed by atoms with E-state index in [1.807, 2.05) is 27.7 Å². The van der Waals surface area contributed by atoms with Gasteiger partial charge in [-0.15, -0.1) is 0 Å². The Labute approximate surface area is 191 Å². The van der Waals surface area contributed by atoms with E-state index >= 15 is 0 Å². The number of nitrogens with zero attached hydrogens (tertiary/aromatic N) is 3. The fourth-order valence-corrected chi connectivity index (χ4v) is 6.11. The minimum atomic E-state index is -3.82. The molecule has 1 amide bonds. The van der Waals surface area contributed by atoms with Gasteiger partial charge in [-0.2, -0.15) is 9.40 Å². The predicted molar refractivity (Wildman–Crippen MR) is 125 cm³/mol. The number of aromatic nitrogens is 2. The Hall–Kier alpha value is -2.39. The number of carbonyl (C=O) groups excluding carboxylic acids is 1. The van der Waals surface area contributed by atoms with Gasteiger partial charge in [-0.3, -0.25) is 4.79 Å². The number of hydrogen-bond acceptors (Lipinski definition) is 5. The van der Waals surface area contributed by atoms with Crippen LogP contribution >= 0.6 is 0 Å². The standard InChI is InChI=1S/C23H34N4O4S/c1-15-10-16(2)14-26(13-15)32(29,30)20-12-18(8-9-19(20)31-7)22(28)24-21-11-17(3)25-27(21)23(4,5)6/h8-9,11-12,15-16H,10,13-14H2,1-7H3,(H,24,28). The second-order valence-electron chi connectivity index (χ2n) is 9.84. The van der Waals surface area contributed by atoms with Crippen LogP contribution in [-0.2, 0) is 15.6 Å². The van der Waals surface area contributed by atoms with Gasteiger partial charge in [-0.25, -0.2) is 13.1 Å². The predicted octanol–water partition coefficient (Wildman–Crippen LogP) is 3.87. The zero-order valence-electron chi connectivity index (χ0n) is 20.0. The number of ether oxygens (including phenoxy) is 1. The number of rotatable bonds is 5. The largest absolute Gasteiger partial charge is 0.495 e. The summed E-state index contributed by atoms with van der Waals surface area (Å²) in [6, 6.07) is 6.29. The van der Waals surface area contributed by atoms with Crippen molar-refractivity contribution in [2.45, 2.75) is 58.4 Å². The van der Waals surface area contributed by atoms with Gasteiger partial charge >= 0.3 is 0 Å². The van der Waals surface area contributed by atoms with Gasteiger partial charge in [0.2, 0.25) is 10.0 Å². The number of piperidine rings is 1. The third kappa shape index (κ3) is 4.99. The van der Waals surface area contributed by atoms with Crippen LogP contribution in [0.15, 0.2) is 29.2 Å². The van der Waals surface area contributed by atoms with Crippen LogP contribution in [-0.4, -0.2) is 48.6 Å². The van der Waals surface area contributed by atoms with E-state index < -0.39 is 15.9 Å². The molecular weight excluding hydrogens is 428 g/mol. The first-order valence-corrected chi connectivity index (χ1v) is 12.3. The van der Waals surface area contributed by atoms with E-state index in [1.54, 1.807) is 16.8 Å². The van der Waals surface area contributed by atoms with Crippen molar-refractivity contribution in [2.24, 2.45) is 11.8 Å². The summed E-state index contributed by atoms with van der Waals surface area (Å²) in [5.74, 6) is 0.913. The molecule has 0 saturated carbocycles. The summed E-state index contributed by atoms with van der Waals surface area (Å²) in [6.45, 7) is 12.9. The van der Waals surface area contributed by atoms with E-state index in [1.165, 1.54) is 23.5 Å². The Morgan fingerprint density at radius 3 is 2.34 bits per heavy atom. The normalized spacial score (nSPS) is 20.2. The molecule has 1 aromatic carbocycles. The number of hydrogen-bond donors (Lipinski definition) is 1. The third-order valence-electron chi connectivity index (χ3n) is 5.59. The van der Waals surface area contributed by atoms with Gasteiger partial charge in [0.25, 0.3) is 5.91 Å². The van der Waals surface area contributed by atoms with Crippen LogP contribution in [0.4, 0.5) is 5.82 Å². The van der Waals surface area contributed by atoms with Crippen molar-refractivity contribution in [3.8, 4) is 5.75 Å². The number of aryl methyl sites for hydroxylation is 1. The average Bonchev–Trinajstić information content (AvgIpc) is 3.07. The summed E-state index contributed by atoms with van der Waals surface area (Å²) in [5, 5.41) is 7.34. The monoisotopic (exact) mass is 462 g/mol. The highest BCUT2D eigenvalue weighted by Gasteiger charge is 2.34. The Kier molecular flexibility index (Phi) is 6.72. The molecule has 0 bridgehead atoms. The smallest absolute Gasteiger partial charge is 0.256 e. The van der Waals surface area contributed by atoms with Gasteiger partial charge in [0.1, 0.15) is 16.5 Å². The molecule has 2 atom stereocenters. The maximum Gasteiger partial charge on any atom is 0.256 e. The van der Waals surface area contributed by atoms with Crippen molar-refractivity contribution in [2.75, 3.05) is 25.5 Å². The van der Waals surface area contributed by atoms with Crippen LogP contribution in [0.2, 0.25) is 0 Å². The molecule has 1 saturated heterocycles. The van der Waals surface area contributed by atoms with Crippen molar-refractivity contribution in [3.05, 3.63) is 35.5 Å². The molecule has 32 heavy (non-hydrogen) atoms. The minimum Gasteiger partial charge on any atom is -0.495 e. The molecule has 1 N–H and O–H groups in total. The molecule has 1 aliphatic heterocycles. The zero-order valence-corrected chi connectivity index (χ0v) is 20.8. The van der Waals surface area contributed by atoms with Gasteiger partial charge in [0.15, 0.2) is 0 Å². The quantitative estimate of drug-likeness (QED) is 0.728. The van der Waals surface area contributed by atoms with Crippen molar-refractivity contribution < 1.29 is 17.9 Å². The maximum absolute atomic E-state index is 13.5. The van der Waals surface area contributed by atoms with Gasteiger partial charge in [0, 0.05) is 24.7 Å². The van der Waals surface area contributed by atoms with E-state index in [0.29, 0.717) is 18.9 Å². The molecule has 1 aromatic heterocycles. The molecule has 8 nitrogen and oxygen atoms in total. The molecule has 1 fully saturated rings. The first-order valence-electron chi connectivity index (χ1n) is 10.9. The number of benzene rings is 1. The summed E-state index contributed by atoms with van der Waals surface area (Å²) in [7, 11) is -2.39. The van der Waals surface area contributed by atoms with Crippen molar-refractivity contribution in [1.29, 1.82) is 0 Å². The van der Waals surface area contributed by atoms with Gasteiger partial charge < -0.3 is 10.1 Å². The average molecular weight is 463 g/mol. The van der Waals surface area contributed by atoms with Crippen molar-refractivity contribution in [1.82, 2.24) is 14.1 Å². The molecule has 0 aliphatic carbocycles. The lowest BCUT2D eigenvalue weighted by molar-refractivity contribution is 0.102. The Bertz CT molecular complexity index is 1090. The van der Waals surface area contributed by atoms with Gasteiger partial charge in [-0.05, 0) is 64.2 Å².